The summed E-state index contributed by atoms with van der Waals surface area (Å²) in [4.78, 5) is 14.7. The van der Waals surface area contributed by atoms with Crippen LogP contribution in [-0.2, 0) is 14.8 Å². The highest BCUT2D eigenvalue weighted by Crippen LogP contribution is 2.13. The number of rotatable bonds is 7. The Morgan fingerprint density at radius 1 is 1.28 bits per heavy atom. The number of hydrogen-bond acceptors (Lipinski definition) is 5. The molecule has 1 unspecified atom stereocenters. The number of sulfonamides is 1. The molecule has 6 nitrogen and oxygen atoms in total. The lowest BCUT2D eigenvalue weighted by atomic mass is 10.2. The standard InChI is InChI=1S/C16H25N3O3S2.ClH/c1-13-3-5-14(6-4-13)24(21,22)18-15(7-12-23-2)16(20)19-10-8-17-9-11-19;/h3-6,15,17-18H,7-12H2,1-2H3;1H. The third kappa shape index (κ3) is 6.45. The summed E-state index contributed by atoms with van der Waals surface area (Å²) in [6.07, 6.45) is 2.43. The maximum absolute atomic E-state index is 12.7. The Labute approximate surface area is 160 Å². The number of nitrogens with zero attached hydrogens (tertiary/aromatic N) is 1. The van der Waals surface area contributed by atoms with Gasteiger partial charge < -0.3 is 10.2 Å². The highest BCUT2D eigenvalue weighted by atomic mass is 35.5. The van der Waals surface area contributed by atoms with Crippen LogP contribution in [0.15, 0.2) is 29.2 Å². The first-order valence-corrected chi connectivity index (χ1v) is 10.9. The minimum Gasteiger partial charge on any atom is -0.339 e. The molecule has 1 saturated heterocycles. The van der Waals surface area contributed by atoms with Gasteiger partial charge in [0.1, 0.15) is 6.04 Å². The summed E-state index contributed by atoms with van der Waals surface area (Å²) in [6.45, 7) is 4.61. The molecule has 1 aliphatic rings. The van der Waals surface area contributed by atoms with E-state index in [9.17, 15) is 13.2 Å². The molecule has 1 amide bonds. The van der Waals surface area contributed by atoms with E-state index in [0.717, 1.165) is 24.4 Å². The fourth-order valence-corrected chi connectivity index (χ4v) is 4.24. The molecule has 1 atom stereocenters. The van der Waals surface area contributed by atoms with Crippen molar-refractivity contribution in [3.8, 4) is 0 Å². The topological polar surface area (TPSA) is 78.5 Å². The molecule has 2 N–H and O–H groups in total. The molecule has 0 radical (unpaired) electrons. The number of nitrogens with one attached hydrogen (secondary N) is 2. The molecular formula is C16H26ClN3O3S2. The number of amides is 1. The summed E-state index contributed by atoms with van der Waals surface area (Å²) in [5.74, 6) is 0.583. The third-order valence-electron chi connectivity index (χ3n) is 3.97. The third-order valence-corrected chi connectivity index (χ3v) is 6.10. The van der Waals surface area contributed by atoms with E-state index in [2.05, 4.69) is 10.0 Å². The SMILES string of the molecule is CSCCC(NS(=O)(=O)c1ccc(C)cc1)C(=O)N1CCNCC1.Cl. The van der Waals surface area contributed by atoms with Crippen molar-refractivity contribution in [3.63, 3.8) is 0 Å². The van der Waals surface area contributed by atoms with Gasteiger partial charge in [0, 0.05) is 26.2 Å². The van der Waals surface area contributed by atoms with E-state index < -0.39 is 16.1 Å². The summed E-state index contributed by atoms with van der Waals surface area (Å²) in [5.41, 5.74) is 0.991. The van der Waals surface area contributed by atoms with Crippen LogP contribution in [-0.4, -0.2) is 63.5 Å². The Morgan fingerprint density at radius 3 is 2.44 bits per heavy atom. The monoisotopic (exact) mass is 407 g/mol. The van der Waals surface area contributed by atoms with Gasteiger partial charge in [-0.25, -0.2) is 8.42 Å². The lowest BCUT2D eigenvalue weighted by Crippen LogP contribution is -2.54. The van der Waals surface area contributed by atoms with Gasteiger partial charge >= 0.3 is 0 Å². The number of thioether (sulfide) groups is 1. The molecule has 0 bridgehead atoms. The number of aryl methyl sites for hydroxylation is 1. The molecule has 1 aromatic carbocycles. The average molecular weight is 408 g/mol. The van der Waals surface area contributed by atoms with Crippen LogP contribution in [0.5, 0.6) is 0 Å². The van der Waals surface area contributed by atoms with Crippen molar-refractivity contribution < 1.29 is 13.2 Å². The van der Waals surface area contributed by atoms with E-state index in [0.29, 0.717) is 19.5 Å². The van der Waals surface area contributed by atoms with Crippen LogP contribution in [0.3, 0.4) is 0 Å². The number of halogens is 1. The van der Waals surface area contributed by atoms with Crippen molar-refractivity contribution in [3.05, 3.63) is 29.8 Å². The average Bonchev–Trinajstić information content (AvgIpc) is 2.59. The van der Waals surface area contributed by atoms with Gasteiger partial charge in [0.15, 0.2) is 0 Å². The first-order valence-electron chi connectivity index (χ1n) is 8.01. The number of piperazine rings is 1. The van der Waals surface area contributed by atoms with Gasteiger partial charge in [0.05, 0.1) is 4.90 Å². The molecule has 1 heterocycles. The predicted octanol–water partition coefficient (Wildman–Crippen LogP) is 1.25. The number of carbonyl (C=O) groups excluding carboxylic acids is 1. The lowest BCUT2D eigenvalue weighted by Gasteiger charge is -2.31. The molecule has 142 valence electrons. The van der Waals surface area contributed by atoms with Gasteiger partial charge in [0.2, 0.25) is 15.9 Å². The molecule has 0 aliphatic carbocycles. The van der Waals surface area contributed by atoms with Crippen LogP contribution in [0.4, 0.5) is 0 Å². The highest BCUT2D eigenvalue weighted by molar-refractivity contribution is 7.98. The second-order valence-corrected chi connectivity index (χ2v) is 8.54. The Morgan fingerprint density at radius 2 is 1.88 bits per heavy atom. The van der Waals surface area contributed by atoms with Gasteiger partial charge in [-0.15, -0.1) is 12.4 Å². The quantitative estimate of drug-likeness (QED) is 0.711. The fraction of sp³-hybridized carbons (Fsp3) is 0.562. The molecule has 2 rings (SSSR count). The van der Waals surface area contributed by atoms with E-state index in [1.165, 1.54) is 0 Å². The molecule has 1 aromatic rings. The van der Waals surface area contributed by atoms with Crippen LogP contribution in [0.1, 0.15) is 12.0 Å². The predicted molar refractivity (Wildman–Crippen MR) is 105 cm³/mol. The Hall–Kier alpha value is -0.800. The van der Waals surface area contributed by atoms with Gasteiger partial charge in [0.25, 0.3) is 0 Å². The van der Waals surface area contributed by atoms with Crippen LogP contribution >= 0.6 is 24.2 Å². The zero-order valence-corrected chi connectivity index (χ0v) is 17.0. The van der Waals surface area contributed by atoms with Gasteiger partial charge in [-0.05, 0) is 37.5 Å². The van der Waals surface area contributed by atoms with E-state index in [4.69, 9.17) is 0 Å². The fourth-order valence-electron chi connectivity index (χ4n) is 2.55. The summed E-state index contributed by atoms with van der Waals surface area (Å²) >= 11 is 1.60. The Bertz CT molecular complexity index is 647. The number of benzene rings is 1. The van der Waals surface area contributed by atoms with Gasteiger partial charge in [-0.3, -0.25) is 4.79 Å². The van der Waals surface area contributed by atoms with Crippen LogP contribution in [0.25, 0.3) is 0 Å². The zero-order valence-electron chi connectivity index (χ0n) is 14.5. The Kier molecular flexibility index (Phi) is 9.23. The molecule has 0 aromatic heterocycles. The smallest absolute Gasteiger partial charge is 0.241 e. The molecule has 1 aliphatic heterocycles. The van der Waals surface area contributed by atoms with Crippen LogP contribution < -0.4 is 10.0 Å². The van der Waals surface area contributed by atoms with E-state index in [-0.39, 0.29) is 23.2 Å². The van der Waals surface area contributed by atoms with E-state index in [1.54, 1.807) is 40.9 Å². The summed E-state index contributed by atoms with van der Waals surface area (Å²) < 4.78 is 27.8. The van der Waals surface area contributed by atoms with Crippen molar-refractivity contribution in [2.75, 3.05) is 38.2 Å². The first-order chi connectivity index (χ1) is 11.4. The van der Waals surface area contributed by atoms with Crippen molar-refractivity contribution in [2.24, 2.45) is 0 Å². The summed E-state index contributed by atoms with van der Waals surface area (Å²) in [6, 6.07) is 5.92. The molecule has 25 heavy (non-hydrogen) atoms. The van der Waals surface area contributed by atoms with Crippen LogP contribution in [0, 0.1) is 6.92 Å². The molecule has 0 spiro atoms. The van der Waals surface area contributed by atoms with E-state index in [1.807, 2.05) is 13.2 Å². The minimum atomic E-state index is -3.71. The van der Waals surface area contributed by atoms with Crippen molar-refractivity contribution >= 4 is 40.1 Å². The van der Waals surface area contributed by atoms with Crippen molar-refractivity contribution in [1.82, 2.24) is 14.9 Å². The lowest BCUT2D eigenvalue weighted by molar-refractivity contribution is -0.133. The first kappa shape index (κ1) is 22.2. The van der Waals surface area contributed by atoms with Gasteiger partial charge in [-0.1, -0.05) is 17.7 Å². The van der Waals surface area contributed by atoms with Crippen LogP contribution in [0.2, 0.25) is 0 Å². The van der Waals surface area contributed by atoms with Crippen molar-refractivity contribution in [1.29, 1.82) is 0 Å². The number of hydrogen-bond donors (Lipinski definition) is 2. The second kappa shape index (κ2) is 10.4. The molecule has 9 heteroatoms. The zero-order chi connectivity index (χ0) is 17.6. The minimum absolute atomic E-state index is 0. The number of carbonyl (C=O) groups is 1. The maximum atomic E-state index is 12.7. The molecular weight excluding hydrogens is 382 g/mol. The van der Waals surface area contributed by atoms with E-state index >= 15 is 0 Å². The highest BCUT2D eigenvalue weighted by Gasteiger charge is 2.29. The largest absolute Gasteiger partial charge is 0.339 e. The molecule has 0 saturated carbocycles. The Balaban J connectivity index is 0.00000312. The van der Waals surface area contributed by atoms with Crippen molar-refractivity contribution in [2.45, 2.75) is 24.3 Å². The summed E-state index contributed by atoms with van der Waals surface area (Å²) in [5, 5.41) is 3.19. The maximum Gasteiger partial charge on any atom is 0.241 e. The normalized spacial score (nSPS) is 16.2. The second-order valence-electron chi connectivity index (χ2n) is 5.84. The molecule has 1 fully saturated rings. The van der Waals surface area contributed by atoms with Gasteiger partial charge in [-0.2, -0.15) is 16.5 Å². The summed E-state index contributed by atoms with van der Waals surface area (Å²) in [7, 11) is -3.71.